The van der Waals surface area contributed by atoms with Gasteiger partial charge in [0, 0.05) is 11.4 Å². The van der Waals surface area contributed by atoms with E-state index in [-0.39, 0.29) is 0 Å². The van der Waals surface area contributed by atoms with Gasteiger partial charge in [0.05, 0.1) is 15.2 Å². The van der Waals surface area contributed by atoms with Gasteiger partial charge in [0.25, 0.3) is 0 Å². The molecule has 0 saturated heterocycles. The van der Waals surface area contributed by atoms with Crippen molar-refractivity contribution in [2.24, 2.45) is 0 Å². The first-order chi connectivity index (χ1) is 8.33. The lowest BCUT2D eigenvalue weighted by molar-refractivity contribution is 1.16. The molecule has 1 nitrogen and oxygen atoms in total. The lowest BCUT2D eigenvalue weighted by atomic mass is 10.2. The number of fused-ring (bicyclic) bond motifs is 1. The Morgan fingerprint density at radius 2 is 1.76 bits per heavy atom. The summed E-state index contributed by atoms with van der Waals surface area (Å²) in [6.07, 6.45) is 0.805. The maximum absolute atomic E-state index is 6.15. The second-order valence-corrected chi connectivity index (χ2v) is 5.37. The van der Waals surface area contributed by atoms with Crippen LogP contribution in [0.2, 0.25) is 5.02 Å². The summed E-state index contributed by atoms with van der Waals surface area (Å²) in [7, 11) is 0. The minimum absolute atomic E-state index is 0.805. The molecule has 0 fully saturated rings. The van der Waals surface area contributed by atoms with Crippen molar-refractivity contribution in [1.82, 2.24) is 4.98 Å². The molecule has 17 heavy (non-hydrogen) atoms. The van der Waals surface area contributed by atoms with Crippen LogP contribution in [0, 0.1) is 0 Å². The van der Waals surface area contributed by atoms with Gasteiger partial charge < -0.3 is 0 Å². The Labute approximate surface area is 109 Å². The predicted octanol–water partition coefficient (Wildman–Crippen LogP) is 4.54. The molecule has 1 heterocycles. The largest absolute Gasteiger partial charge is 0.241 e. The number of hydrogen-bond acceptors (Lipinski definition) is 2. The van der Waals surface area contributed by atoms with Crippen LogP contribution >= 0.6 is 22.9 Å². The first kappa shape index (κ1) is 10.8. The molecule has 0 spiro atoms. The molecular weight excluding hydrogens is 250 g/mol. The molecule has 0 radical (unpaired) electrons. The molecule has 0 atom stereocenters. The van der Waals surface area contributed by atoms with Gasteiger partial charge in [-0.25, -0.2) is 4.98 Å². The van der Waals surface area contributed by atoms with Crippen molar-refractivity contribution < 1.29 is 0 Å². The number of aromatic nitrogens is 1. The fourth-order valence-electron chi connectivity index (χ4n) is 1.80. The van der Waals surface area contributed by atoms with Gasteiger partial charge in [-0.2, -0.15) is 0 Å². The van der Waals surface area contributed by atoms with Gasteiger partial charge in [0.15, 0.2) is 0 Å². The molecule has 0 amide bonds. The maximum Gasteiger partial charge on any atom is 0.0982 e. The van der Waals surface area contributed by atoms with Crippen LogP contribution in [-0.4, -0.2) is 4.98 Å². The summed E-state index contributed by atoms with van der Waals surface area (Å²) < 4.78 is 1.23. The van der Waals surface area contributed by atoms with Gasteiger partial charge in [0.2, 0.25) is 0 Å². The molecule has 3 rings (SSSR count). The number of halogens is 1. The van der Waals surface area contributed by atoms with Crippen molar-refractivity contribution >= 4 is 33.2 Å². The average Bonchev–Trinajstić information content (AvgIpc) is 2.74. The molecule has 0 unspecified atom stereocenters. The van der Waals surface area contributed by atoms with Crippen LogP contribution in [0.1, 0.15) is 10.6 Å². The zero-order chi connectivity index (χ0) is 11.7. The Kier molecular flexibility index (Phi) is 2.83. The average molecular weight is 260 g/mol. The molecule has 0 aliphatic carbocycles. The maximum atomic E-state index is 6.15. The Morgan fingerprint density at radius 3 is 2.59 bits per heavy atom. The molecule has 2 aromatic carbocycles. The summed E-state index contributed by atoms with van der Waals surface area (Å²) in [4.78, 5) is 4.61. The monoisotopic (exact) mass is 259 g/mol. The summed E-state index contributed by atoms with van der Waals surface area (Å²) >= 11 is 7.88. The minimum atomic E-state index is 0.805. The van der Waals surface area contributed by atoms with E-state index in [9.17, 15) is 0 Å². The highest BCUT2D eigenvalue weighted by molar-refractivity contribution is 7.18. The molecular formula is C14H10ClNS. The lowest BCUT2D eigenvalue weighted by Gasteiger charge is -1.99. The number of benzene rings is 2. The topological polar surface area (TPSA) is 12.9 Å². The molecule has 0 aliphatic heterocycles. The number of rotatable bonds is 2. The van der Waals surface area contributed by atoms with E-state index in [1.807, 2.05) is 36.4 Å². The highest BCUT2D eigenvalue weighted by Crippen LogP contribution is 2.25. The van der Waals surface area contributed by atoms with Crippen LogP contribution in [0.15, 0.2) is 48.5 Å². The molecule has 1 aromatic heterocycles. The summed E-state index contributed by atoms with van der Waals surface area (Å²) in [5, 5.41) is 1.92. The van der Waals surface area contributed by atoms with Gasteiger partial charge >= 0.3 is 0 Å². The normalized spacial score (nSPS) is 10.9. The van der Waals surface area contributed by atoms with E-state index in [0.717, 1.165) is 27.5 Å². The van der Waals surface area contributed by atoms with E-state index in [4.69, 9.17) is 11.6 Å². The molecule has 0 aliphatic rings. The SMILES string of the molecule is Clc1ccccc1Cc1nc2ccccc2s1. The Bertz CT molecular complexity index is 627. The molecule has 0 saturated carbocycles. The molecule has 0 bridgehead atoms. The van der Waals surface area contributed by atoms with Crippen molar-refractivity contribution in [3.8, 4) is 0 Å². The number of hydrogen-bond donors (Lipinski definition) is 0. The van der Waals surface area contributed by atoms with E-state index in [2.05, 4.69) is 17.1 Å². The Hall–Kier alpha value is -1.38. The summed E-state index contributed by atoms with van der Waals surface area (Å²) in [5.41, 5.74) is 2.20. The third-order valence-corrected chi connectivity index (χ3v) is 4.04. The zero-order valence-electron chi connectivity index (χ0n) is 9.06. The summed E-state index contributed by atoms with van der Waals surface area (Å²) in [6.45, 7) is 0. The van der Waals surface area contributed by atoms with E-state index in [0.29, 0.717) is 0 Å². The van der Waals surface area contributed by atoms with Crippen molar-refractivity contribution in [2.45, 2.75) is 6.42 Å². The Morgan fingerprint density at radius 1 is 1.00 bits per heavy atom. The van der Waals surface area contributed by atoms with Crippen molar-refractivity contribution in [3.05, 3.63) is 64.1 Å². The van der Waals surface area contributed by atoms with Gasteiger partial charge in [0.1, 0.15) is 0 Å². The predicted molar refractivity (Wildman–Crippen MR) is 73.9 cm³/mol. The van der Waals surface area contributed by atoms with Crippen LogP contribution in [0.25, 0.3) is 10.2 Å². The summed E-state index contributed by atoms with van der Waals surface area (Å²) in [5.74, 6) is 0. The van der Waals surface area contributed by atoms with Crippen LogP contribution in [-0.2, 0) is 6.42 Å². The highest BCUT2D eigenvalue weighted by Gasteiger charge is 2.06. The Balaban J connectivity index is 1.98. The van der Waals surface area contributed by atoms with E-state index in [1.165, 1.54) is 4.70 Å². The van der Waals surface area contributed by atoms with Crippen LogP contribution < -0.4 is 0 Å². The highest BCUT2D eigenvalue weighted by atomic mass is 35.5. The third-order valence-electron chi connectivity index (χ3n) is 2.64. The van der Waals surface area contributed by atoms with Crippen molar-refractivity contribution in [1.29, 1.82) is 0 Å². The van der Waals surface area contributed by atoms with Crippen molar-refractivity contribution in [3.63, 3.8) is 0 Å². The van der Waals surface area contributed by atoms with Crippen molar-refractivity contribution in [2.75, 3.05) is 0 Å². The van der Waals surface area contributed by atoms with Gasteiger partial charge in [-0.05, 0) is 23.8 Å². The number of nitrogens with zero attached hydrogens (tertiary/aromatic N) is 1. The number of para-hydroxylation sites is 1. The number of thiazole rings is 1. The van der Waals surface area contributed by atoms with Crippen LogP contribution in [0.5, 0.6) is 0 Å². The van der Waals surface area contributed by atoms with Gasteiger partial charge in [-0.1, -0.05) is 41.9 Å². The van der Waals surface area contributed by atoms with Gasteiger partial charge in [-0.15, -0.1) is 11.3 Å². The summed E-state index contributed by atoms with van der Waals surface area (Å²) in [6, 6.07) is 16.1. The second kappa shape index (κ2) is 4.47. The van der Waals surface area contributed by atoms with Crippen LogP contribution in [0.3, 0.4) is 0 Å². The van der Waals surface area contributed by atoms with E-state index >= 15 is 0 Å². The molecule has 3 heteroatoms. The second-order valence-electron chi connectivity index (χ2n) is 3.84. The smallest absolute Gasteiger partial charge is 0.0982 e. The first-order valence-electron chi connectivity index (χ1n) is 5.41. The zero-order valence-corrected chi connectivity index (χ0v) is 10.6. The molecule has 3 aromatic rings. The lowest BCUT2D eigenvalue weighted by Crippen LogP contribution is -1.87. The standard InChI is InChI=1S/C14H10ClNS/c15-11-6-2-1-5-10(11)9-14-16-12-7-3-4-8-13(12)17-14/h1-8H,9H2. The van der Waals surface area contributed by atoms with E-state index < -0.39 is 0 Å². The minimum Gasteiger partial charge on any atom is -0.241 e. The molecule has 84 valence electrons. The third kappa shape index (κ3) is 2.19. The van der Waals surface area contributed by atoms with Crippen LogP contribution in [0.4, 0.5) is 0 Å². The van der Waals surface area contributed by atoms with Gasteiger partial charge in [-0.3, -0.25) is 0 Å². The fourth-order valence-corrected chi connectivity index (χ4v) is 2.99. The quantitative estimate of drug-likeness (QED) is 0.658. The first-order valence-corrected chi connectivity index (χ1v) is 6.60. The molecule has 0 N–H and O–H groups in total. The van der Waals surface area contributed by atoms with E-state index in [1.54, 1.807) is 11.3 Å². The fraction of sp³-hybridized carbons (Fsp3) is 0.0714.